The lowest BCUT2D eigenvalue weighted by Gasteiger charge is -2.18. The summed E-state index contributed by atoms with van der Waals surface area (Å²) >= 11 is 3.52. The van der Waals surface area contributed by atoms with Crippen LogP contribution in [0.15, 0.2) is 77.4 Å². The Morgan fingerprint density at radius 1 is 1.08 bits per heavy atom. The molecule has 1 aromatic heterocycles. The van der Waals surface area contributed by atoms with Crippen molar-refractivity contribution in [1.29, 1.82) is 0 Å². The van der Waals surface area contributed by atoms with Gasteiger partial charge in [-0.3, -0.25) is 4.79 Å². The van der Waals surface area contributed by atoms with Gasteiger partial charge in [0.05, 0.1) is 0 Å². The number of hydrogen-bond acceptors (Lipinski definition) is 3. The van der Waals surface area contributed by atoms with Crippen molar-refractivity contribution in [2.24, 2.45) is 0 Å². The molecule has 3 rings (SSSR count). The molecule has 0 N–H and O–H groups in total. The van der Waals surface area contributed by atoms with Crippen LogP contribution in [0.5, 0.6) is 5.88 Å². The number of carbonyl (C=O) groups excluding carboxylic acids is 1. The molecule has 0 aliphatic heterocycles. The average molecular weight is 411 g/mol. The highest BCUT2D eigenvalue weighted by Crippen LogP contribution is 2.19. The lowest BCUT2D eigenvalue weighted by Crippen LogP contribution is -2.26. The normalized spacial score (nSPS) is 10.4. The minimum atomic E-state index is -0.0762. The fraction of sp³-hybridized carbons (Fsp3) is 0.143. The molecule has 26 heavy (non-hydrogen) atoms. The van der Waals surface area contributed by atoms with E-state index in [1.54, 1.807) is 30.3 Å². The second-order valence-corrected chi connectivity index (χ2v) is 6.76. The summed E-state index contributed by atoms with van der Waals surface area (Å²) in [5, 5.41) is 0. The van der Waals surface area contributed by atoms with Crippen LogP contribution in [0.3, 0.4) is 0 Å². The van der Waals surface area contributed by atoms with Gasteiger partial charge in [0, 0.05) is 35.9 Å². The predicted molar refractivity (Wildman–Crippen MR) is 105 cm³/mol. The van der Waals surface area contributed by atoms with Gasteiger partial charge in [-0.25, -0.2) is 4.98 Å². The van der Waals surface area contributed by atoms with Crippen molar-refractivity contribution < 1.29 is 9.53 Å². The summed E-state index contributed by atoms with van der Waals surface area (Å²) in [7, 11) is 1.78. The highest BCUT2D eigenvalue weighted by molar-refractivity contribution is 9.10. The van der Waals surface area contributed by atoms with Gasteiger partial charge in [-0.15, -0.1) is 0 Å². The van der Waals surface area contributed by atoms with E-state index in [1.165, 1.54) is 0 Å². The van der Waals surface area contributed by atoms with Crippen LogP contribution in [-0.4, -0.2) is 22.8 Å². The summed E-state index contributed by atoms with van der Waals surface area (Å²) < 4.78 is 6.70. The molecule has 0 aliphatic carbocycles. The maximum atomic E-state index is 12.7. The number of halogens is 1. The SMILES string of the molecule is CN(Cc1ccccc1Br)C(=O)c1ccnc(OCc2ccccc2)c1. The molecule has 0 saturated heterocycles. The number of hydrogen-bond donors (Lipinski definition) is 0. The quantitative estimate of drug-likeness (QED) is 0.591. The highest BCUT2D eigenvalue weighted by Gasteiger charge is 2.14. The molecule has 0 saturated carbocycles. The molecule has 3 aromatic rings. The van der Waals surface area contributed by atoms with Gasteiger partial charge in [0.25, 0.3) is 5.91 Å². The summed E-state index contributed by atoms with van der Waals surface area (Å²) in [6.07, 6.45) is 1.60. The number of nitrogens with zero attached hydrogens (tertiary/aromatic N) is 2. The second kappa shape index (κ2) is 8.63. The summed E-state index contributed by atoms with van der Waals surface area (Å²) in [5.41, 5.74) is 2.66. The standard InChI is InChI=1S/C21H19BrN2O2/c1-24(14-18-9-5-6-10-19(18)22)21(25)17-11-12-23-20(13-17)26-15-16-7-3-2-4-8-16/h2-13H,14-15H2,1H3. The largest absolute Gasteiger partial charge is 0.473 e. The molecular weight excluding hydrogens is 392 g/mol. The predicted octanol–water partition coefficient (Wildman–Crippen LogP) is 4.70. The van der Waals surface area contributed by atoms with Gasteiger partial charge < -0.3 is 9.64 Å². The van der Waals surface area contributed by atoms with Crippen LogP contribution in [0.1, 0.15) is 21.5 Å². The Balaban J connectivity index is 1.66. The molecule has 0 bridgehead atoms. The Morgan fingerprint density at radius 3 is 2.58 bits per heavy atom. The van der Waals surface area contributed by atoms with E-state index >= 15 is 0 Å². The van der Waals surface area contributed by atoms with Crippen LogP contribution in [0.2, 0.25) is 0 Å². The first-order chi connectivity index (χ1) is 12.6. The zero-order chi connectivity index (χ0) is 18.4. The van der Waals surface area contributed by atoms with Crippen LogP contribution in [0.4, 0.5) is 0 Å². The van der Waals surface area contributed by atoms with Gasteiger partial charge in [0.1, 0.15) is 6.61 Å². The number of ether oxygens (including phenoxy) is 1. The van der Waals surface area contributed by atoms with Crippen LogP contribution < -0.4 is 4.74 Å². The fourth-order valence-corrected chi connectivity index (χ4v) is 2.94. The number of amides is 1. The third-order valence-electron chi connectivity index (χ3n) is 3.92. The molecule has 0 aliphatic rings. The van der Waals surface area contributed by atoms with Gasteiger partial charge >= 0.3 is 0 Å². The molecule has 0 spiro atoms. The molecule has 0 unspecified atom stereocenters. The molecule has 5 heteroatoms. The molecule has 4 nitrogen and oxygen atoms in total. The van der Waals surface area contributed by atoms with Crippen LogP contribution in [0, 0.1) is 0 Å². The van der Waals surface area contributed by atoms with Crippen molar-refractivity contribution in [2.45, 2.75) is 13.2 Å². The molecule has 132 valence electrons. The lowest BCUT2D eigenvalue weighted by molar-refractivity contribution is 0.0784. The minimum Gasteiger partial charge on any atom is -0.473 e. The number of aromatic nitrogens is 1. The first kappa shape index (κ1) is 18.1. The molecule has 0 fully saturated rings. The Hall–Kier alpha value is -2.66. The summed E-state index contributed by atoms with van der Waals surface area (Å²) in [4.78, 5) is 18.6. The maximum Gasteiger partial charge on any atom is 0.254 e. The first-order valence-electron chi connectivity index (χ1n) is 8.25. The van der Waals surface area contributed by atoms with E-state index in [2.05, 4.69) is 20.9 Å². The third kappa shape index (κ3) is 4.70. The smallest absolute Gasteiger partial charge is 0.254 e. The molecule has 1 heterocycles. The van der Waals surface area contributed by atoms with E-state index in [0.717, 1.165) is 15.6 Å². The monoisotopic (exact) mass is 410 g/mol. The van der Waals surface area contributed by atoms with E-state index in [0.29, 0.717) is 24.6 Å². The molecule has 0 atom stereocenters. The second-order valence-electron chi connectivity index (χ2n) is 5.91. The Kier molecular flexibility index (Phi) is 6.02. The number of pyridine rings is 1. The van der Waals surface area contributed by atoms with Crippen molar-refractivity contribution in [3.63, 3.8) is 0 Å². The number of rotatable bonds is 6. The summed E-state index contributed by atoms with van der Waals surface area (Å²) in [5.74, 6) is 0.363. The van der Waals surface area contributed by atoms with E-state index in [1.807, 2.05) is 54.6 Å². The minimum absolute atomic E-state index is 0.0762. The fourth-order valence-electron chi connectivity index (χ4n) is 2.53. The van der Waals surface area contributed by atoms with Crippen molar-refractivity contribution in [1.82, 2.24) is 9.88 Å². The Bertz CT molecular complexity index is 884. The van der Waals surface area contributed by atoms with Gasteiger partial charge in [0.2, 0.25) is 5.88 Å². The van der Waals surface area contributed by atoms with E-state index in [-0.39, 0.29) is 5.91 Å². The molecule has 2 aromatic carbocycles. The van der Waals surface area contributed by atoms with E-state index in [4.69, 9.17) is 4.74 Å². The van der Waals surface area contributed by atoms with Gasteiger partial charge in [0.15, 0.2) is 0 Å². The lowest BCUT2D eigenvalue weighted by atomic mass is 10.2. The zero-order valence-electron chi connectivity index (χ0n) is 14.4. The number of carbonyl (C=O) groups is 1. The summed E-state index contributed by atoms with van der Waals surface area (Å²) in [6.45, 7) is 0.932. The van der Waals surface area contributed by atoms with Crippen LogP contribution >= 0.6 is 15.9 Å². The van der Waals surface area contributed by atoms with Crippen LogP contribution in [0.25, 0.3) is 0 Å². The molecule has 1 amide bonds. The van der Waals surface area contributed by atoms with Gasteiger partial charge in [-0.05, 0) is 23.3 Å². The van der Waals surface area contributed by atoms with Gasteiger partial charge in [-0.2, -0.15) is 0 Å². The van der Waals surface area contributed by atoms with Crippen molar-refractivity contribution in [2.75, 3.05) is 7.05 Å². The van der Waals surface area contributed by atoms with Crippen molar-refractivity contribution in [3.05, 3.63) is 94.1 Å². The summed E-state index contributed by atoms with van der Waals surface area (Å²) in [6, 6.07) is 21.1. The number of benzene rings is 2. The highest BCUT2D eigenvalue weighted by atomic mass is 79.9. The van der Waals surface area contributed by atoms with Gasteiger partial charge in [-0.1, -0.05) is 64.5 Å². The van der Waals surface area contributed by atoms with Crippen molar-refractivity contribution in [3.8, 4) is 5.88 Å². The van der Waals surface area contributed by atoms with Crippen LogP contribution in [-0.2, 0) is 13.2 Å². The average Bonchev–Trinajstić information content (AvgIpc) is 2.68. The Labute approximate surface area is 161 Å². The zero-order valence-corrected chi connectivity index (χ0v) is 16.0. The topological polar surface area (TPSA) is 42.4 Å². The maximum absolute atomic E-state index is 12.7. The Morgan fingerprint density at radius 2 is 1.81 bits per heavy atom. The molecule has 0 radical (unpaired) electrons. The molecular formula is C21H19BrN2O2. The first-order valence-corrected chi connectivity index (χ1v) is 9.04. The van der Waals surface area contributed by atoms with E-state index in [9.17, 15) is 4.79 Å². The van der Waals surface area contributed by atoms with Crippen molar-refractivity contribution >= 4 is 21.8 Å². The van der Waals surface area contributed by atoms with E-state index < -0.39 is 0 Å². The third-order valence-corrected chi connectivity index (χ3v) is 4.70.